The van der Waals surface area contributed by atoms with E-state index in [0.29, 0.717) is 12.8 Å². The minimum atomic E-state index is -4.03. The highest BCUT2D eigenvalue weighted by molar-refractivity contribution is 7.92. The standard InChI is InChI=1S/C24H26ClF2NO6S/c1-12(29)22(30)24(32)14-3-4-15(24)10-17(9-14)35(33,34)21-8-13(2-6-18(21)25)23(31)28-16-5-7-19(26)20(27)11-16/h2,5-8,11-12,14-15,17,22,29-30,32H,3-4,9-10H2,1H3,(H,28,31)/t12-,14?,15?,17?,22+,24?/m0/s1. The molecule has 0 aliphatic heterocycles. The molecular formula is C24H26ClF2NO6S. The average Bonchev–Trinajstić information content (AvgIpc) is 2.97. The number of hydrogen-bond donors (Lipinski definition) is 4. The summed E-state index contributed by atoms with van der Waals surface area (Å²) in [5.41, 5.74) is -1.62. The molecule has 2 aliphatic carbocycles. The van der Waals surface area contributed by atoms with Crippen LogP contribution in [0.15, 0.2) is 41.3 Å². The van der Waals surface area contributed by atoms with E-state index in [1.165, 1.54) is 25.1 Å². The van der Waals surface area contributed by atoms with Gasteiger partial charge in [0.2, 0.25) is 0 Å². The van der Waals surface area contributed by atoms with E-state index >= 15 is 0 Å². The van der Waals surface area contributed by atoms with E-state index < -0.39 is 62.3 Å². The van der Waals surface area contributed by atoms with Gasteiger partial charge in [0.15, 0.2) is 21.5 Å². The first kappa shape index (κ1) is 26.0. The van der Waals surface area contributed by atoms with E-state index in [-0.39, 0.29) is 34.0 Å². The first-order valence-corrected chi connectivity index (χ1v) is 13.2. The van der Waals surface area contributed by atoms with Crippen LogP contribution in [0, 0.1) is 23.5 Å². The molecule has 2 saturated carbocycles. The van der Waals surface area contributed by atoms with E-state index in [2.05, 4.69) is 5.32 Å². The van der Waals surface area contributed by atoms with Gasteiger partial charge in [-0.2, -0.15) is 0 Å². The highest BCUT2D eigenvalue weighted by atomic mass is 35.5. The number of hydrogen-bond acceptors (Lipinski definition) is 6. The fraction of sp³-hybridized carbons (Fsp3) is 0.458. The summed E-state index contributed by atoms with van der Waals surface area (Å²) < 4.78 is 53.7. The van der Waals surface area contributed by atoms with Gasteiger partial charge < -0.3 is 20.6 Å². The zero-order valence-corrected chi connectivity index (χ0v) is 20.4. The number of anilines is 1. The molecule has 2 aromatic rings. The molecule has 0 saturated heterocycles. The number of halogens is 3. The summed E-state index contributed by atoms with van der Waals surface area (Å²) >= 11 is 6.21. The van der Waals surface area contributed by atoms with Gasteiger partial charge in [0.25, 0.3) is 5.91 Å². The van der Waals surface area contributed by atoms with Crippen LogP contribution >= 0.6 is 11.6 Å². The van der Waals surface area contributed by atoms with Crippen molar-refractivity contribution in [2.45, 2.75) is 60.6 Å². The molecule has 2 bridgehead atoms. The predicted molar refractivity (Wildman–Crippen MR) is 125 cm³/mol. The second-order valence-electron chi connectivity index (χ2n) is 9.41. The van der Waals surface area contributed by atoms with Crippen LogP contribution in [0.3, 0.4) is 0 Å². The van der Waals surface area contributed by atoms with Gasteiger partial charge in [-0.1, -0.05) is 11.6 Å². The Balaban J connectivity index is 1.59. The number of carbonyl (C=O) groups is 1. The Bertz CT molecular complexity index is 1240. The summed E-state index contributed by atoms with van der Waals surface area (Å²) in [6.45, 7) is 1.38. The molecule has 2 aromatic carbocycles. The molecule has 0 radical (unpaired) electrons. The molecule has 1 amide bonds. The molecule has 2 unspecified atom stereocenters. The van der Waals surface area contributed by atoms with Crippen molar-refractivity contribution in [3.8, 4) is 0 Å². The third kappa shape index (κ3) is 4.58. The van der Waals surface area contributed by atoms with Crippen molar-refractivity contribution < 1.29 is 37.3 Å². The first-order valence-electron chi connectivity index (χ1n) is 11.2. The van der Waals surface area contributed by atoms with Gasteiger partial charge in [-0.05, 0) is 74.8 Å². The number of nitrogens with one attached hydrogen (secondary N) is 1. The van der Waals surface area contributed by atoms with Crippen molar-refractivity contribution >= 4 is 33.0 Å². The predicted octanol–water partition coefficient (Wildman–Crippen LogP) is 3.31. The molecule has 0 spiro atoms. The highest BCUT2D eigenvalue weighted by Gasteiger charge is 2.59. The molecule has 35 heavy (non-hydrogen) atoms. The lowest BCUT2D eigenvalue weighted by Crippen LogP contribution is -2.58. The van der Waals surface area contributed by atoms with Crippen molar-refractivity contribution in [2.75, 3.05) is 5.32 Å². The molecule has 4 rings (SSSR count). The van der Waals surface area contributed by atoms with Crippen molar-refractivity contribution in [3.63, 3.8) is 0 Å². The average molecular weight is 530 g/mol. The number of carbonyl (C=O) groups excluding carboxylic acids is 1. The summed E-state index contributed by atoms with van der Waals surface area (Å²) in [4.78, 5) is 12.4. The summed E-state index contributed by atoms with van der Waals surface area (Å²) in [5, 5.41) is 32.9. The lowest BCUT2D eigenvalue weighted by Gasteiger charge is -2.46. The summed E-state index contributed by atoms with van der Waals surface area (Å²) in [6, 6.07) is 6.57. The number of amides is 1. The normalized spacial score (nSPS) is 27.9. The van der Waals surface area contributed by atoms with Crippen molar-refractivity contribution in [3.05, 3.63) is 58.6 Å². The molecule has 2 fully saturated rings. The molecule has 4 N–H and O–H groups in total. The van der Waals surface area contributed by atoms with Crippen molar-refractivity contribution in [2.24, 2.45) is 11.8 Å². The van der Waals surface area contributed by atoms with Gasteiger partial charge in [0.1, 0.15) is 6.10 Å². The maximum absolute atomic E-state index is 13.6. The maximum Gasteiger partial charge on any atom is 0.255 e. The van der Waals surface area contributed by atoms with Crippen LogP contribution < -0.4 is 5.32 Å². The lowest BCUT2D eigenvalue weighted by molar-refractivity contribution is -0.172. The zero-order chi connectivity index (χ0) is 25.7. The van der Waals surface area contributed by atoms with E-state index in [4.69, 9.17) is 11.6 Å². The topological polar surface area (TPSA) is 124 Å². The molecule has 7 nitrogen and oxygen atoms in total. The van der Waals surface area contributed by atoms with Gasteiger partial charge in [0, 0.05) is 17.3 Å². The Kier molecular flexibility index (Phi) is 6.98. The zero-order valence-electron chi connectivity index (χ0n) is 18.8. The van der Waals surface area contributed by atoms with Gasteiger partial charge in [-0.25, -0.2) is 17.2 Å². The number of benzene rings is 2. The quantitative estimate of drug-likeness (QED) is 0.455. The Morgan fingerprint density at radius 2 is 1.71 bits per heavy atom. The second kappa shape index (κ2) is 9.40. The SMILES string of the molecule is C[C@H](O)[C@@H](O)C1(O)C2CCC1CC(S(=O)(=O)c1cc(C(=O)Nc3ccc(F)c(F)c3)ccc1Cl)C2. The maximum atomic E-state index is 13.6. The van der Waals surface area contributed by atoms with Crippen LogP contribution in [0.2, 0.25) is 5.02 Å². The third-order valence-electron chi connectivity index (χ3n) is 7.31. The van der Waals surface area contributed by atoms with Crippen LogP contribution in [-0.4, -0.2) is 52.7 Å². The Labute approximate surface area is 206 Å². The van der Waals surface area contributed by atoms with Crippen LogP contribution in [0.25, 0.3) is 0 Å². The number of fused-ring (bicyclic) bond motifs is 2. The van der Waals surface area contributed by atoms with Crippen LogP contribution in [0.4, 0.5) is 14.5 Å². The molecule has 0 aromatic heterocycles. The molecule has 0 heterocycles. The molecule has 11 heteroatoms. The van der Waals surface area contributed by atoms with E-state index in [9.17, 15) is 37.3 Å². The van der Waals surface area contributed by atoms with Crippen LogP contribution in [-0.2, 0) is 9.84 Å². The molecule has 2 aliphatic rings. The highest BCUT2D eigenvalue weighted by Crippen LogP contribution is 2.54. The van der Waals surface area contributed by atoms with Gasteiger partial charge >= 0.3 is 0 Å². The van der Waals surface area contributed by atoms with Crippen molar-refractivity contribution in [1.29, 1.82) is 0 Å². The van der Waals surface area contributed by atoms with Crippen LogP contribution in [0.5, 0.6) is 0 Å². The molecule has 190 valence electrons. The Morgan fingerprint density at radius 1 is 1.09 bits per heavy atom. The summed E-state index contributed by atoms with van der Waals surface area (Å²) in [5.74, 6) is -4.00. The number of aliphatic hydroxyl groups excluding tert-OH is 2. The van der Waals surface area contributed by atoms with Crippen molar-refractivity contribution in [1.82, 2.24) is 0 Å². The third-order valence-corrected chi connectivity index (χ3v) is 9.97. The number of rotatable bonds is 6. The van der Waals surface area contributed by atoms with Crippen LogP contribution in [0.1, 0.15) is 43.0 Å². The fourth-order valence-corrected chi connectivity index (χ4v) is 7.89. The van der Waals surface area contributed by atoms with Gasteiger partial charge in [0.05, 0.1) is 26.9 Å². The molecular weight excluding hydrogens is 504 g/mol. The van der Waals surface area contributed by atoms with Gasteiger partial charge in [-0.15, -0.1) is 0 Å². The molecule has 4 atom stereocenters. The lowest BCUT2D eigenvalue weighted by atomic mass is 9.70. The van der Waals surface area contributed by atoms with Gasteiger partial charge in [-0.3, -0.25) is 4.79 Å². The number of sulfone groups is 1. The van der Waals surface area contributed by atoms with E-state index in [1.54, 1.807) is 0 Å². The minimum absolute atomic E-state index is 0.00642. The largest absolute Gasteiger partial charge is 0.391 e. The second-order valence-corrected chi connectivity index (χ2v) is 12.0. The monoisotopic (exact) mass is 529 g/mol. The summed E-state index contributed by atoms with van der Waals surface area (Å²) in [6.07, 6.45) is -1.39. The minimum Gasteiger partial charge on any atom is -0.391 e. The first-order chi connectivity index (χ1) is 16.4. The Morgan fingerprint density at radius 3 is 2.29 bits per heavy atom. The smallest absolute Gasteiger partial charge is 0.255 e. The van der Waals surface area contributed by atoms with E-state index in [0.717, 1.165) is 18.2 Å². The fourth-order valence-electron chi connectivity index (χ4n) is 5.48. The Hall–Kier alpha value is -2.11. The summed E-state index contributed by atoms with van der Waals surface area (Å²) in [7, 11) is -4.03. The van der Waals surface area contributed by atoms with E-state index in [1.807, 2.05) is 0 Å². The number of aliphatic hydroxyl groups is 3.